The van der Waals surface area contributed by atoms with Crippen molar-refractivity contribution in [3.05, 3.63) is 53.6 Å². The van der Waals surface area contributed by atoms with Crippen molar-refractivity contribution >= 4 is 10.0 Å². The standard InChI is InChI=1S/C19H23NO5S/c21-12-13-1-8-17(9-2-13)26(24,25)20-15-5-3-14(4-6-15)18-10-7-16(22)11-19(18)23/h1-2,7-11,14-15,20-23H,3-6,12H2. The molecule has 4 N–H and O–H groups in total. The van der Waals surface area contributed by atoms with Crippen LogP contribution in [0.5, 0.6) is 11.5 Å². The zero-order valence-electron chi connectivity index (χ0n) is 14.3. The van der Waals surface area contributed by atoms with E-state index in [-0.39, 0.29) is 35.0 Å². The van der Waals surface area contributed by atoms with Crippen molar-refractivity contribution in [1.82, 2.24) is 4.72 Å². The second kappa shape index (κ2) is 7.65. The number of aliphatic hydroxyl groups is 1. The van der Waals surface area contributed by atoms with Gasteiger partial charge >= 0.3 is 0 Å². The van der Waals surface area contributed by atoms with E-state index in [9.17, 15) is 18.6 Å². The first-order valence-corrected chi connectivity index (χ1v) is 10.1. The highest BCUT2D eigenvalue weighted by Gasteiger charge is 2.27. The van der Waals surface area contributed by atoms with Gasteiger partial charge in [-0.2, -0.15) is 0 Å². The summed E-state index contributed by atoms with van der Waals surface area (Å²) in [5.74, 6) is 0.262. The second-order valence-corrected chi connectivity index (χ2v) is 8.43. The van der Waals surface area contributed by atoms with Crippen LogP contribution in [0, 0.1) is 0 Å². The molecule has 2 aromatic carbocycles. The zero-order valence-corrected chi connectivity index (χ0v) is 15.1. The SMILES string of the molecule is O=S(=O)(NC1CCC(c2ccc(O)cc2O)CC1)c1ccc(CO)cc1. The van der Waals surface area contributed by atoms with Gasteiger partial charge in [-0.3, -0.25) is 0 Å². The largest absolute Gasteiger partial charge is 0.508 e. The summed E-state index contributed by atoms with van der Waals surface area (Å²) in [4.78, 5) is 0.188. The van der Waals surface area contributed by atoms with Crippen molar-refractivity contribution in [1.29, 1.82) is 0 Å². The minimum Gasteiger partial charge on any atom is -0.508 e. The molecule has 0 spiro atoms. The van der Waals surface area contributed by atoms with Crippen molar-refractivity contribution in [2.24, 2.45) is 0 Å². The van der Waals surface area contributed by atoms with Gasteiger partial charge in [-0.05, 0) is 60.9 Å². The number of phenolic OH excluding ortho intramolecular Hbond substituents is 2. The Labute approximate surface area is 153 Å². The third-order valence-corrected chi connectivity index (χ3v) is 6.46. The molecular weight excluding hydrogens is 354 g/mol. The van der Waals surface area contributed by atoms with Crippen LogP contribution < -0.4 is 4.72 Å². The van der Waals surface area contributed by atoms with E-state index < -0.39 is 10.0 Å². The van der Waals surface area contributed by atoms with Crippen LogP contribution in [0.1, 0.15) is 42.7 Å². The molecule has 1 aliphatic carbocycles. The summed E-state index contributed by atoms with van der Waals surface area (Å²) < 4.78 is 27.8. The molecule has 0 heterocycles. The van der Waals surface area contributed by atoms with Gasteiger partial charge in [-0.25, -0.2) is 13.1 Å². The van der Waals surface area contributed by atoms with E-state index in [2.05, 4.69) is 4.72 Å². The number of nitrogens with one attached hydrogen (secondary N) is 1. The Morgan fingerprint density at radius 3 is 2.19 bits per heavy atom. The molecule has 140 valence electrons. The lowest BCUT2D eigenvalue weighted by Crippen LogP contribution is -2.37. The van der Waals surface area contributed by atoms with Crippen LogP contribution in [0.2, 0.25) is 0 Å². The van der Waals surface area contributed by atoms with Crippen LogP contribution >= 0.6 is 0 Å². The van der Waals surface area contributed by atoms with Gasteiger partial charge in [0.05, 0.1) is 11.5 Å². The lowest BCUT2D eigenvalue weighted by Gasteiger charge is -2.29. The van der Waals surface area contributed by atoms with E-state index in [1.165, 1.54) is 18.2 Å². The average molecular weight is 377 g/mol. The molecule has 3 rings (SSSR count). The third-order valence-electron chi connectivity index (χ3n) is 4.92. The van der Waals surface area contributed by atoms with Crippen molar-refractivity contribution in [3.63, 3.8) is 0 Å². The number of sulfonamides is 1. The predicted octanol–water partition coefficient (Wildman–Crippen LogP) is 2.59. The van der Waals surface area contributed by atoms with Gasteiger partial charge in [0.2, 0.25) is 10.0 Å². The highest BCUT2D eigenvalue weighted by molar-refractivity contribution is 7.89. The van der Waals surface area contributed by atoms with Gasteiger partial charge in [0, 0.05) is 12.1 Å². The van der Waals surface area contributed by atoms with Crippen molar-refractivity contribution in [3.8, 4) is 11.5 Å². The molecular formula is C19H23NO5S. The molecule has 2 aromatic rings. The van der Waals surface area contributed by atoms with Crippen molar-refractivity contribution in [2.75, 3.05) is 0 Å². The van der Waals surface area contributed by atoms with Gasteiger partial charge in [-0.15, -0.1) is 0 Å². The Morgan fingerprint density at radius 1 is 0.962 bits per heavy atom. The fourth-order valence-corrected chi connectivity index (χ4v) is 4.77. The first-order chi connectivity index (χ1) is 12.4. The molecule has 0 bridgehead atoms. The van der Waals surface area contributed by atoms with E-state index in [4.69, 9.17) is 5.11 Å². The Balaban J connectivity index is 1.62. The lowest BCUT2D eigenvalue weighted by atomic mass is 9.81. The van der Waals surface area contributed by atoms with E-state index in [1.807, 2.05) is 0 Å². The number of hydrogen-bond donors (Lipinski definition) is 4. The number of phenols is 2. The summed E-state index contributed by atoms with van der Waals surface area (Å²) in [5.41, 5.74) is 1.46. The van der Waals surface area contributed by atoms with Crippen molar-refractivity contribution < 1.29 is 23.7 Å². The second-order valence-electron chi connectivity index (χ2n) is 6.72. The van der Waals surface area contributed by atoms with Crippen LogP contribution in [0.25, 0.3) is 0 Å². The van der Waals surface area contributed by atoms with E-state index in [1.54, 1.807) is 24.3 Å². The normalized spacial score (nSPS) is 20.8. The molecule has 0 atom stereocenters. The summed E-state index contributed by atoms with van der Waals surface area (Å²) >= 11 is 0. The molecule has 0 saturated heterocycles. The zero-order chi connectivity index (χ0) is 18.7. The summed E-state index contributed by atoms with van der Waals surface area (Å²) in [6.45, 7) is -0.123. The fourth-order valence-electron chi connectivity index (χ4n) is 3.46. The summed E-state index contributed by atoms with van der Waals surface area (Å²) in [6, 6.07) is 10.6. The topological polar surface area (TPSA) is 107 Å². The number of hydrogen-bond acceptors (Lipinski definition) is 5. The number of benzene rings is 2. The Kier molecular flexibility index (Phi) is 5.50. The highest BCUT2D eigenvalue weighted by atomic mass is 32.2. The molecule has 1 aliphatic rings. The quantitative estimate of drug-likeness (QED) is 0.641. The average Bonchev–Trinajstić information content (AvgIpc) is 2.62. The third kappa shape index (κ3) is 4.17. The molecule has 0 aliphatic heterocycles. The number of aromatic hydroxyl groups is 2. The van der Waals surface area contributed by atoms with Gasteiger partial charge in [0.1, 0.15) is 11.5 Å². The van der Waals surface area contributed by atoms with Crippen LogP contribution in [-0.2, 0) is 16.6 Å². The van der Waals surface area contributed by atoms with E-state index in [0.29, 0.717) is 18.4 Å². The number of aliphatic hydroxyl groups excluding tert-OH is 1. The van der Waals surface area contributed by atoms with Crippen LogP contribution in [-0.4, -0.2) is 29.8 Å². The Bertz CT molecular complexity index is 856. The maximum atomic E-state index is 12.5. The summed E-state index contributed by atoms with van der Waals surface area (Å²) in [5, 5.41) is 28.4. The number of rotatable bonds is 5. The molecule has 0 unspecified atom stereocenters. The van der Waals surface area contributed by atoms with Crippen LogP contribution in [0.3, 0.4) is 0 Å². The van der Waals surface area contributed by atoms with Crippen molar-refractivity contribution in [2.45, 2.75) is 49.1 Å². The van der Waals surface area contributed by atoms with Gasteiger partial charge in [0.25, 0.3) is 0 Å². The van der Waals surface area contributed by atoms with E-state index in [0.717, 1.165) is 18.4 Å². The minimum atomic E-state index is -3.59. The van der Waals surface area contributed by atoms with Gasteiger partial charge < -0.3 is 15.3 Å². The molecule has 7 heteroatoms. The molecule has 26 heavy (non-hydrogen) atoms. The Morgan fingerprint density at radius 2 is 1.62 bits per heavy atom. The monoisotopic (exact) mass is 377 g/mol. The fraction of sp³-hybridized carbons (Fsp3) is 0.368. The van der Waals surface area contributed by atoms with Crippen LogP contribution in [0.4, 0.5) is 0 Å². The first-order valence-electron chi connectivity index (χ1n) is 8.63. The highest BCUT2D eigenvalue weighted by Crippen LogP contribution is 2.38. The molecule has 1 saturated carbocycles. The molecule has 6 nitrogen and oxygen atoms in total. The first kappa shape index (κ1) is 18.7. The maximum absolute atomic E-state index is 12.5. The van der Waals surface area contributed by atoms with Gasteiger partial charge in [0.15, 0.2) is 0 Å². The molecule has 0 radical (unpaired) electrons. The predicted molar refractivity (Wildman–Crippen MR) is 97.5 cm³/mol. The molecule has 0 aromatic heterocycles. The lowest BCUT2D eigenvalue weighted by molar-refractivity contribution is 0.282. The molecule has 0 amide bonds. The minimum absolute atomic E-state index is 0.0277. The molecule has 1 fully saturated rings. The maximum Gasteiger partial charge on any atom is 0.240 e. The van der Waals surface area contributed by atoms with Crippen LogP contribution in [0.15, 0.2) is 47.4 Å². The smallest absolute Gasteiger partial charge is 0.240 e. The Hall–Kier alpha value is -2.09. The van der Waals surface area contributed by atoms with E-state index >= 15 is 0 Å². The summed E-state index contributed by atoms with van der Waals surface area (Å²) in [7, 11) is -3.59. The summed E-state index contributed by atoms with van der Waals surface area (Å²) in [6.07, 6.45) is 2.88. The van der Waals surface area contributed by atoms with Gasteiger partial charge in [-0.1, -0.05) is 18.2 Å².